The molecule has 0 saturated carbocycles. The summed E-state index contributed by atoms with van der Waals surface area (Å²) in [5.41, 5.74) is 3.56. The molecule has 1 aliphatic rings. The predicted molar refractivity (Wildman–Crippen MR) is 106 cm³/mol. The molecule has 0 aromatic carbocycles. The minimum absolute atomic E-state index is 0.742. The van der Waals surface area contributed by atoms with Crippen molar-refractivity contribution in [2.45, 2.75) is 0 Å². The van der Waals surface area contributed by atoms with Crippen LogP contribution in [0.3, 0.4) is 0 Å². The molecule has 0 atom stereocenters. The first-order valence-corrected chi connectivity index (χ1v) is 9.15. The van der Waals surface area contributed by atoms with E-state index in [4.69, 9.17) is 4.98 Å². The highest BCUT2D eigenvalue weighted by molar-refractivity contribution is 5.83. The van der Waals surface area contributed by atoms with E-state index in [0.29, 0.717) is 0 Å². The molecular formula is C19H19N9. The van der Waals surface area contributed by atoms with E-state index in [9.17, 15) is 0 Å². The van der Waals surface area contributed by atoms with Gasteiger partial charge in [-0.3, -0.25) is 4.98 Å². The zero-order chi connectivity index (χ0) is 18.9. The molecule has 5 rings (SSSR count). The molecule has 0 radical (unpaired) electrons. The van der Waals surface area contributed by atoms with E-state index in [2.05, 4.69) is 34.7 Å². The third-order valence-corrected chi connectivity index (χ3v) is 4.94. The van der Waals surface area contributed by atoms with E-state index in [1.807, 2.05) is 36.0 Å². The molecule has 1 aliphatic heterocycles. The van der Waals surface area contributed by atoms with Gasteiger partial charge in [0.25, 0.3) is 0 Å². The highest BCUT2D eigenvalue weighted by atomic mass is 15.3. The van der Waals surface area contributed by atoms with Gasteiger partial charge in [0.1, 0.15) is 6.33 Å². The monoisotopic (exact) mass is 373 g/mol. The van der Waals surface area contributed by atoms with Crippen molar-refractivity contribution in [2.24, 2.45) is 7.05 Å². The Morgan fingerprint density at radius 3 is 2.57 bits per heavy atom. The Balaban J connectivity index is 1.35. The van der Waals surface area contributed by atoms with Crippen LogP contribution in [-0.2, 0) is 7.05 Å². The van der Waals surface area contributed by atoms with Gasteiger partial charge in [-0.2, -0.15) is 0 Å². The highest BCUT2D eigenvalue weighted by Gasteiger charge is 2.23. The summed E-state index contributed by atoms with van der Waals surface area (Å²) >= 11 is 0. The minimum atomic E-state index is 0.742. The van der Waals surface area contributed by atoms with E-state index < -0.39 is 0 Å². The number of anilines is 2. The second-order valence-electron chi connectivity index (χ2n) is 6.68. The molecule has 28 heavy (non-hydrogen) atoms. The number of hydrogen-bond acceptors (Lipinski definition) is 8. The lowest BCUT2D eigenvalue weighted by Crippen LogP contribution is -2.47. The Hall–Kier alpha value is -3.62. The molecule has 1 fully saturated rings. The van der Waals surface area contributed by atoms with Crippen LogP contribution >= 0.6 is 0 Å². The average Bonchev–Trinajstić information content (AvgIpc) is 3.16. The topological polar surface area (TPSA) is 88.8 Å². The van der Waals surface area contributed by atoms with Crippen molar-refractivity contribution in [3.8, 4) is 11.3 Å². The molecule has 0 aliphatic carbocycles. The van der Waals surface area contributed by atoms with Gasteiger partial charge in [-0.15, -0.1) is 0 Å². The van der Waals surface area contributed by atoms with Gasteiger partial charge in [0.05, 0.1) is 12.0 Å². The Kier molecular flexibility index (Phi) is 4.04. The number of rotatable bonds is 3. The van der Waals surface area contributed by atoms with Crippen LogP contribution in [-0.4, -0.2) is 60.6 Å². The molecule has 0 bridgehead atoms. The summed E-state index contributed by atoms with van der Waals surface area (Å²) in [5.74, 6) is 1.63. The smallest absolute Gasteiger partial charge is 0.225 e. The van der Waals surface area contributed by atoms with E-state index in [-0.39, 0.29) is 0 Å². The van der Waals surface area contributed by atoms with Gasteiger partial charge in [-0.05, 0) is 18.2 Å². The lowest BCUT2D eigenvalue weighted by atomic mass is 10.2. The van der Waals surface area contributed by atoms with Crippen LogP contribution in [0.4, 0.5) is 11.8 Å². The van der Waals surface area contributed by atoms with E-state index in [1.165, 1.54) is 0 Å². The van der Waals surface area contributed by atoms with Crippen LogP contribution in [0.25, 0.3) is 22.4 Å². The maximum Gasteiger partial charge on any atom is 0.225 e. The van der Waals surface area contributed by atoms with E-state index in [0.717, 1.165) is 60.4 Å². The number of nitrogens with zero attached hydrogens (tertiary/aromatic N) is 9. The van der Waals surface area contributed by atoms with Gasteiger partial charge in [0.2, 0.25) is 5.95 Å². The second-order valence-corrected chi connectivity index (χ2v) is 6.68. The van der Waals surface area contributed by atoms with Crippen molar-refractivity contribution >= 4 is 22.9 Å². The molecular weight excluding hydrogens is 354 g/mol. The number of piperazine rings is 1. The number of fused-ring (bicyclic) bond motifs is 1. The lowest BCUT2D eigenvalue weighted by Gasteiger charge is -2.35. The number of hydrogen-bond donors (Lipinski definition) is 0. The fourth-order valence-electron chi connectivity index (χ4n) is 3.46. The molecule has 4 aromatic rings. The standard InChI is InChI=1S/C19H19N9/c1-26-13-24-16-17(26)22-12-23-18(16)27-7-9-28(10-8-27)19-21-6-4-15(25-19)14-3-2-5-20-11-14/h2-6,11-13H,7-10H2,1H3. The quantitative estimate of drug-likeness (QED) is 0.534. The Bertz CT molecular complexity index is 1100. The molecule has 4 aromatic heterocycles. The van der Waals surface area contributed by atoms with E-state index >= 15 is 0 Å². The molecule has 0 N–H and O–H groups in total. The van der Waals surface area contributed by atoms with Gasteiger partial charge in [0.15, 0.2) is 17.0 Å². The SMILES string of the molecule is Cn1cnc2c(N3CCN(c4nccc(-c5cccnc5)n4)CC3)ncnc21. The maximum atomic E-state index is 4.73. The van der Waals surface area contributed by atoms with Crippen LogP contribution in [0.1, 0.15) is 0 Å². The first kappa shape index (κ1) is 16.5. The first-order valence-electron chi connectivity index (χ1n) is 9.15. The molecule has 1 saturated heterocycles. The molecule has 0 amide bonds. The van der Waals surface area contributed by atoms with Crippen molar-refractivity contribution in [2.75, 3.05) is 36.0 Å². The van der Waals surface area contributed by atoms with Gasteiger partial charge in [-0.1, -0.05) is 0 Å². The Morgan fingerprint density at radius 1 is 0.893 bits per heavy atom. The van der Waals surface area contributed by atoms with E-state index in [1.54, 1.807) is 25.0 Å². The maximum absolute atomic E-state index is 4.73. The summed E-state index contributed by atoms with van der Waals surface area (Å²) in [5, 5.41) is 0. The summed E-state index contributed by atoms with van der Waals surface area (Å²) in [4.78, 5) is 31.1. The summed E-state index contributed by atoms with van der Waals surface area (Å²) in [7, 11) is 1.94. The van der Waals surface area contributed by atoms with Crippen LogP contribution in [0, 0.1) is 0 Å². The predicted octanol–water partition coefficient (Wildman–Crippen LogP) is 1.54. The van der Waals surface area contributed by atoms with Crippen LogP contribution in [0.2, 0.25) is 0 Å². The van der Waals surface area contributed by atoms with Crippen molar-refractivity contribution in [1.29, 1.82) is 0 Å². The third-order valence-electron chi connectivity index (χ3n) is 4.94. The zero-order valence-electron chi connectivity index (χ0n) is 15.5. The molecule has 140 valence electrons. The van der Waals surface area contributed by atoms with Crippen LogP contribution in [0.15, 0.2) is 49.4 Å². The molecule has 9 heteroatoms. The molecule has 5 heterocycles. The molecule has 0 spiro atoms. The zero-order valence-corrected chi connectivity index (χ0v) is 15.5. The normalized spacial score (nSPS) is 14.6. The lowest BCUT2D eigenvalue weighted by molar-refractivity contribution is 0.636. The molecule has 0 unspecified atom stereocenters. The highest BCUT2D eigenvalue weighted by Crippen LogP contribution is 2.24. The van der Waals surface area contributed by atoms with Crippen LogP contribution in [0.5, 0.6) is 0 Å². The van der Waals surface area contributed by atoms with Crippen molar-refractivity contribution in [1.82, 2.24) is 34.5 Å². The third kappa shape index (κ3) is 2.90. The summed E-state index contributed by atoms with van der Waals surface area (Å²) < 4.78 is 1.91. The van der Waals surface area contributed by atoms with Gasteiger partial charge in [-0.25, -0.2) is 24.9 Å². The number of aryl methyl sites for hydroxylation is 1. The van der Waals surface area contributed by atoms with Crippen molar-refractivity contribution in [3.63, 3.8) is 0 Å². The van der Waals surface area contributed by atoms with Gasteiger partial charge < -0.3 is 14.4 Å². The summed E-state index contributed by atoms with van der Waals surface area (Å²) in [6, 6.07) is 5.83. The summed E-state index contributed by atoms with van der Waals surface area (Å²) in [6.07, 6.45) is 8.76. The van der Waals surface area contributed by atoms with Crippen molar-refractivity contribution in [3.05, 3.63) is 49.4 Å². The van der Waals surface area contributed by atoms with Gasteiger partial charge >= 0.3 is 0 Å². The minimum Gasteiger partial charge on any atom is -0.351 e. The van der Waals surface area contributed by atoms with Crippen molar-refractivity contribution < 1.29 is 0 Å². The second kappa shape index (κ2) is 6.84. The molecule has 9 nitrogen and oxygen atoms in total. The Morgan fingerprint density at radius 2 is 1.75 bits per heavy atom. The first-order chi connectivity index (χ1) is 13.8. The number of pyridine rings is 1. The fourth-order valence-corrected chi connectivity index (χ4v) is 3.46. The average molecular weight is 373 g/mol. The van der Waals surface area contributed by atoms with Crippen LogP contribution < -0.4 is 9.80 Å². The Labute approximate surface area is 161 Å². The summed E-state index contributed by atoms with van der Waals surface area (Å²) in [6.45, 7) is 3.27. The fraction of sp³-hybridized carbons (Fsp3) is 0.263. The number of imidazole rings is 1. The van der Waals surface area contributed by atoms with Gasteiger partial charge in [0, 0.05) is 57.4 Å². The largest absolute Gasteiger partial charge is 0.351 e. The number of aromatic nitrogens is 7.